The van der Waals surface area contributed by atoms with Gasteiger partial charge in [-0.25, -0.2) is 0 Å². The average Bonchev–Trinajstić information content (AvgIpc) is 3.05. The van der Waals surface area contributed by atoms with E-state index >= 15 is 0 Å². The zero-order valence-electron chi connectivity index (χ0n) is 12.1. The van der Waals surface area contributed by atoms with Crippen molar-refractivity contribution in [2.45, 2.75) is 52.6 Å². The van der Waals surface area contributed by atoms with Crippen LogP contribution >= 0.6 is 0 Å². The lowest BCUT2D eigenvalue weighted by Gasteiger charge is -2.09. The number of H-pyrrole nitrogens is 2. The second kappa shape index (κ2) is 7.16. The topological polar surface area (TPSA) is 88.7 Å². The lowest BCUT2D eigenvalue weighted by atomic mass is 10.2. The van der Waals surface area contributed by atoms with Crippen LogP contribution in [0.2, 0.25) is 0 Å². The number of nitrogens with zero attached hydrogens (tertiary/aromatic N) is 3. The van der Waals surface area contributed by atoms with Gasteiger partial charge in [-0.15, -0.1) is 0 Å². The molecule has 0 spiro atoms. The molecule has 0 aliphatic heterocycles. The lowest BCUT2D eigenvalue weighted by Crippen LogP contribution is -2.12. The van der Waals surface area contributed by atoms with E-state index in [1.807, 2.05) is 26.8 Å². The summed E-state index contributed by atoms with van der Waals surface area (Å²) >= 11 is 0. The summed E-state index contributed by atoms with van der Waals surface area (Å²) in [7, 11) is 0. The van der Waals surface area contributed by atoms with E-state index in [4.69, 9.17) is 9.47 Å². The number of aromatic amines is 2. The highest BCUT2D eigenvalue weighted by Crippen LogP contribution is 2.08. The van der Waals surface area contributed by atoms with Crippen molar-refractivity contribution >= 4 is 0 Å². The number of aromatic nitrogens is 5. The summed E-state index contributed by atoms with van der Waals surface area (Å²) in [5, 5.41) is 17.5. The summed E-state index contributed by atoms with van der Waals surface area (Å²) in [6, 6.07) is 2.01. The van der Waals surface area contributed by atoms with Crippen molar-refractivity contribution in [3.8, 4) is 0 Å². The summed E-state index contributed by atoms with van der Waals surface area (Å²) in [4.78, 5) is 0. The number of rotatable bonds is 8. The van der Waals surface area contributed by atoms with Crippen molar-refractivity contribution < 1.29 is 9.47 Å². The Balaban J connectivity index is 1.74. The first-order valence-corrected chi connectivity index (χ1v) is 6.74. The molecule has 0 aliphatic rings. The Kier molecular flexibility index (Phi) is 5.25. The highest BCUT2D eigenvalue weighted by molar-refractivity contribution is 5.08. The molecule has 2 N–H and O–H groups in total. The Labute approximate surface area is 118 Å². The summed E-state index contributed by atoms with van der Waals surface area (Å²) in [6.07, 6.45) is 2.68. The molecule has 0 aliphatic carbocycles. The maximum atomic E-state index is 5.69. The molecule has 7 nitrogen and oxygen atoms in total. The predicted octanol–water partition coefficient (Wildman–Crippen LogP) is 1.60. The molecule has 1 unspecified atom stereocenters. The first-order chi connectivity index (χ1) is 9.63. The molecule has 0 aromatic carbocycles. The van der Waals surface area contributed by atoms with Crippen LogP contribution in [-0.2, 0) is 29.1 Å². The number of nitrogens with one attached hydrogen (secondary N) is 2. The number of hydrogen-bond acceptors (Lipinski definition) is 5. The van der Waals surface area contributed by atoms with E-state index in [2.05, 4.69) is 25.6 Å². The van der Waals surface area contributed by atoms with E-state index in [-0.39, 0.29) is 12.2 Å². The van der Waals surface area contributed by atoms with Crippen LogP contribution in [0.3, 0.4) is 0 Å². The van der Waals surface area contributed by atoms with Gasteiger partial charge in [0.05, 0.1) is 43.0 Å². The average molecular weight is 279 g/mol. The summed E-state index contributed by atoms with van der Waals surface area (Å²) in [5.41, 5.74) is 2.75. The van der Waals surface area contributed by atoms with Crippen molar-refractivity contribution in [1.82, 2.24) is 25.6 Å². The van der Waals surface area contributed by atoms with Gasteiger partial charge >= 0.3 is 0 Å². The van der Waals surface area contributed by atoms with Crippen LogP contribution in [0.5, 0.6) is 0 Å². The normalized spacial score (nSPS) is 13.0. The van der Waals surface area contributed by atoms with Crippen LogP contribution < -0.4 is 0 Å². The second-order valence-electron chi connectivity index (χ2n) is 5.03. The maximum absolute atomic E-state index is 5.69. The Hall–Kier alpha value is -1.73. The SMILES string of the molecule is CC(C)OCc1cc(CC(C)OCc2cn[nH]n2)n[nH]1. The Morgan fingerprint density at radius 1 is 1.10 bits per heavy atom. The monoisotopic (exact) mass is 279 g/mol. The predicted molar refractivity (Wildman–Crippen MR) is 72.9 cm³/mol. The molecule has 0 saturated carbocycles. The third kappa shape index (κ3) is 4.75. The smallest absolute Gasteiger partial charge is 0.108 e. The van der Waals surface area contributed by atoms with Gasteiger partial charge in [-0.05, 0) is 26.8 Å². The Morgan fingerprint density at radius 3 is 2.65 bits per heavy atom. The molecule has 0 bridgehead atoms. The fourth-order valence-corrected chi connectivity index (χ4v) is 1.72. The lowest BCUT2D eigenvalue weighted by molar-refractivity contribution is 0.0508. The molecule has 2 heterocycles. The minimum Gasteiger partial charge on any atom is -0.373 e. The quantitative estimate of drug-likeness (QED) is 0.766. The standard InChI is InChI=1S/C13H21N5O2/c1-9(2)19-7-12-5-11(15-16-12)4-10(3)20-8-13-6-14-18-17-13/h5-6,9-10H,4,7-8H2,1-3H3,(H,15,16)(H,14,17,18). The van der Waals surface area contributed by atoms with Crippen molar-refractivity contribution in [3.05, 3.63) is 29.3 Å². The molecular weight excluding hydrogens is 258 g/mol. The Morgan fingerprint density at radius 2 is 1.95 bits per heavy atom. The van der Waals surface area contributed by atoms with Gasteiger partial charge in [-0.1, -0.05) is 0 Å². The van der Waals surface area contributed by atoms with Crippen LogP contribution in [0.1, 0.15) is 37.9 Å². The van der Waals surface area contributed by atoms with Gasteiger partial charge in [-0.2, -0.15) is 20.5 Å². The van der Waals surface area contributed by atoms with E-state index in [1.54, 1.807) is 6.20 Å². The molecule has 0 radical (unpaired) electrons. The van der Waals surface area contributed by atoms with Gasteiger partial charge in [0.2, 0.25) is 0 Å². The van der Waals surface area contributed by atoms with E-state index in [0.29, 0.717) is 13.2 Å². The largest absolute Gasteiger partial charge is 0.373 e. The maximum Gasteiger partial charge on any atom is 0.108 e. The Bertz CT molecular complexity index is 495. The fraction of sp³-hybridized carbons (Fsp3) is 0.615. The van der Waals surface area contributed by atoms with Crippen LogP contribution in [-0.4, -0.2) is 37.8 Å². The van der Waals surface area contributed by atoms with Gasteiger partial charge in [0.25, 0.3) is 0 Å². The zero-order valence-corrected chi connectivity index (χ0v) is 12.1. The van der Waals surface area contributed by atoms with Gasteiger partial charge < -0.3 is 9.47 Å². The van der Waals surface area contributed by atoms with Crippen molar-refractivity contribution in [3.63, 3.8) is 0 Å². The van der Waals surface area contributed by atoms with Crippen LogP contribution in [0.25, 0.3) is 0 Å². The minimum absolute atomic E-state index is 0.0638. The minimum atomic E-state index is 0.0638. The van der Waals surface area contributed by atoms with Gasteiger partial charge in [0.15, 0.2) is 0 Å². The molecule has 2 rings (SSSR count). The molecule has 2 aromatic heterocycles. The highest BCUT2D eigenvalue weighted by atomic mass is 16.5. The molecule has 0 saturated heterocycles. The zero-order chi connectivity index (χ0) is 14.4. The third-order valence-electron chi connectivity index (χ3n) is 2.73. The summed E-state index contributed by atoms with van der Waals surface area (Å²) in [5.74, 6) is 0. The number of hydrogen-bond donors (Lipinski definition) is 2. The van der Waals surface area contributed by atoms with E-state index in [9.17, 15) is 0 Å². The van der Waals surface area contributed by atoms with Crippen molar-refractivity contribution in [2.24, 2.45) is 0 Å². The molecule has 1 atom stereocenters. The van der Waals surface area contributed by atoms with Crippen molar-refractivity contribution in [2.75, 3.05) is 0 Å². The van der Waals surface area contributed by atoms with Gasteiger partial charge in [-0.3, -0.25) is 5.10 Å². The van der Waals surface area contributed by atoms with Crippen LogP contribution in [0.4, 0.5) is 0 Å². The molecule has 110 valence electrons. The molecule has 7 heteroatoms. The first kappa shape index (κ1) is 14.7. The summed E-state index contributed by atoms with van der Waals surface area (Å²) in [6.45, 7) is 7.04. The third-order valence-corrected chi connectivity index (χ3v) is 2.73. The summed E-state index contributed by atoms with van der Waals surface area (Å²) < 4.78 is 11.2. The van der Waals surface area contributed by atoms with E-state index < -0.39 is 0 Å². The second-order valence-corrected chi connectivity index (χ2v) is 5.03. The van der Waals surface area contributed by atoms with E-state index in [0.717, 1.165) is 23.5 Å². The van der Waals surface area contributed by atoms with Gasteiger partial charge in [0, 0.05) is 6.42 Å². The van der Waals surface area contributed by atoms with Crippen LogP contribution in [0.15, 0.2) is 12.3 Å². The molecule has 20 heavy (non-hydrogen) atoms. The molecule has 0 fully saturated rings. The van der Waals surface area contributed by atoms with E-state index in [1.165, 1.54) is 0 Å². The van der Waals surface area contributed by atoms with Crippen molar-refractivity contribution in [1.29, 1.82) is 0 Å². The van der Waals surface area contributed by atoms with Crippen LogP contribution in [0, 0.1) is 0 Å². The molecular formula is C13H21N5O2. The fourth-order valence-electron chi connectivity index (χ4n) is 1.72. The highest BCUT2D eigenvalue weighted by Gasteiger charge is 2.09. The molecule has 2 aromatic rings. The number of ether oxygens (including phenoxy) is 2. The van der Waals surface area contributed by atoms with Gasteiger partial charge in [0.1, 0.15) is 5.69 Å². The first-order valence-electron chi connectivity index (χ1n) is 6.74. The molecule has 0 amide bonds.